The van der Waals surface area contributed by atoms with Gasteiger partial charge in [0.1, 0.15) is 5.82 Å². The van der Waals surface area contributed by atoms with E-state index in [4.69, 9.17) is 0 Å². The zero-order chi connectivity index (χ0) is 16.8. The number of hydrogen-bond acceptors (Lipinski definition) is 4. The topological polar surface area (TPSA) is 83.1 Å². The molecule has 1 aromatic carbocycles. The predicted octanol–water partition coefficient (Wildman–Crippen LogP) is 2.27. The van der Waals surface area contributed by atoms with Crippen molar-refractivity contribution in [2.75, 3.05) is 23.7 Å². The summed E-state index contributed by atoms with van der Waals surface area (Å²) in [5, 5.41) is 8.88. The summed E-state index contributed by atoms with van der Waals surface area (Å²) in [5.74, 6) is 0.273. The number of benzene rings is 1. The predicted molar refractivity (Wildman–Crippen MR) is 92.9 cm³/mol. The van der Waals surface area contributed by atoms with Crippen LogP contribution in [0.3, 0.4) is 0 Å². The highest BCUT2D eigenvalue weighted by molar-refractivity contribution is 6.05. The molecule has 6 nitrogen and oxygen atoms in total. The quantitative estimate of drug-likeness (QED) is 0.806. The first-order valence-corrected chi connectivity index (χ1v) is 8.06. The Balaban J connectivity index is 1.65. The van der Waals surface area contributed by atoms with Gasteiger partial charge in [0, 0.05) is 23.4 Å². The second-order valence-corrected chi connectivity index (χ2v) is 5.76. The number of nitrogens with zero attached hydrogens (tertiary/aromatic N) is 1. The third-order valence-electron chi connectivity index (χ3n) is 4.01. The molecule has 0 atom stereocenters. The molecule has 0 radical (unpaired) electrons. The molecule has 0 aliphatic carbocycles. The lowest BCUT2D eigenvalue weighted by molar-refractivity contribution is -0.120. The maximum absolute atomic E-state index is 12.3. The first-order valence-electron chi connectivity index (χ1n) is 8.06. The Hall–Kier alpha value is -2.73. The Kier molecular flexibility index (Phi) is 5.18. The van der Waals surface area contributed by atoms with E-state index in [1.54, 1.807) is 48.7 Å². The van der Waals surface area contributed by atoms with E-state index in [1.807, 2.05) is 0 Å². The smallest absolute Gasteiger partial charge is 0.256 e. The number of carbonyl (C=O) groups excluding carboxylic acids is 2. The number of pyridine rings is 1. The molecule has 0 spiro atoms. The van der Waals surface area contributed by atoms with E-state index in [0.29, 0.717) is 17.1 Å². The van der Waals surface area contributed by atoms with Crippen LogP contribution in [0.25, 0.3) is 0 Å². The van der Waals surface area contributed by atoms with Crippen molar-refractivity contribution < 1.29 is 9.59 Å². The minimum absolute atomic E-state index is 0.0128. The van der Waals surface area contributed by atoms with Gasteiger partial charge in [0.25, 0.3) is 5.91 Å². The summed E-state index contributed by atoms with van der Waals surface area (Å²) in [6.07, 6.45) is 3.29. The number of nitrogens with one attached hydrogen (secondary N) is 3. The van der Waals surface area contributed by atoms with Crippen LogP contribution in [-0.2, 0) is 4.79 Å². The van der Waals surface area contributed by atoms with Gasteiger partial charge in [-0.25, -0.2) is 4.98 Å². The van der Waals surface area contributed by atoms with Gasteiger partial charge in [-0.3, -0.25) is 9.59 Å². The summed E-state index contributed by atoms with van der Waals surface area (Å²) < 4.78 is 0. The molecular weight excluding hydrogens is 304 g/mol. The zero-order valence-electron chi connectivity index (χ0n) is 13.3. The van der Waals surface area contributed by atoms with Crippen molar-refractivity contribution in [2.24, 2.45) is 5.92 Å². The van der Waals surface area contributed by atoms with E-state index in [1.165, 1.54) is 0 Å². The van der Waals surface area contributed by atoms with E-state index < -0.39 is 0 Å². The first-order chi connectivity index (χ1) is 11.7. The minimum atomic E-state index is -0.258. The molecular formula is C18H20N4O2. The fraction of sp³-hybridized carbons (Fsp3) is 0.278. The number of aromatic nitrogens is 1. The number of rotatable bonds is 4. The molecule has 1 aliphatic heterocycles. The monoisotopic (exact) mass is 324 g/mol. The number of hydrogen-bond donors (Lipinski definition) is 3. The van der Waals surface area contributed by atoms with Gasteiger partial charge >= 0.3 is 0 Å². The van der Waals surface area contributed by atoms with Crippen LogP contribution in [0, 0.1) is 5.92 Å². The van der Waals surface area contributed by atoms with Gasteiger partial charge in [-0.05, 0) is 56.3 Å². The van der Waals surface area contributed by atoms with Crippen LogP contribution in [0.5, 0.6) is 0 Å². The molecule has 3 rings (SSSR count). The lowest BCUT2D eigenvalue weighted by Gasteiger charge is -2.21. The molecule has 1 fully saturated rings. The Morgan fingerprint density at radius 2 is 1.88 bits per heavy atom. The van der Waals surface area contributed by atoms with Crippen molar-refractivity contribution in [2.45, 2.75) is 12.8 Å². The van der Waals surface area contributed by atoms with E-state index >= 15 is 0 Å². The summed E-state index contributed by atoms with van der Waals surface area (Å²) in [6.45, 7) is 1.73. The molecule has 6 heteroatoms. The molecule has 0 unspecified atom stereocenters. The van der Waals surface area contributed by atoms with Crippen molar-refractivity contribution in [3.63, 3.8) is 0 Å². The van der Waals surface area contributed by atoms with Gasteiger partial charge in [0.2, 0.25) is 5.91 Å². The van der Waals surface area contributed by atoms with E-state index in [9.17, 15) is 9.59 Å². The van der Waals surface area contributed by atoms with Gasteiger partial charge in [-0.15, -0.1) is 0 Å². The summed E-state index contributed by atoms with van der Waals surface area (Å²) in [6, 6.07) is 12.2. The van der Waals surface area contributed by atoms with Crippen LogP contribution < -0.4 is 16.0 Å². The number of amides is 2. The van der Waals surface area contributed by atoms with Crippen LogP contribution in [0.15, 0.2) is 48.7 Å². The lowest BCUT2D eigenvalue weighted by Crippen LogP contribution is -2.34. The zero-order valence-corrected chi connectivity index (χ0v) is 13.3. The highest BCUT2D eigenvalue weighted by atomic mass is 16.2. The largest absolute Gasteiger partial charge is 0.326 e. The Morgan fingerprint density at radius 3 is 2.62 bits per heavy atom. The van der Waals surface area contributed by atoms with Crippen LogP contribution in [0.4, 0.5) is 11.5 Å². The Labute approximate surface area is 140 Å². The van der Waals surface area contributed by atoms with Crippen molar-refractivity contribution in [3.05, 3.63) is 54.2 Å². The van der Waals surface area contributed by atoms with Gasteiger partial charge in [0.05, 0.1) is 0 Å². The number of carbonyl (C=O) groups is 2. The summed E-state index contributed by atoms with van der Waals surface area (Å²) in [5.41, 5.74) is 1.11. The van der Waals surface area contributed by atoms with E-state index in [2.05, 4.69) is 20.9 Å². The van der Waals surface area contributed by atoms with Crippen LogP contribution >= 0.6 is 0 Å². The van der Waals surface area contributed by atoms with E-state index in [0.717, 1.165) is 25.9 Å². The molecule has 3 N–H and O–H groups in total. The van der Waals surface area contributed by atoms with Gasteiger partial charge in [0.15, 0.2) is 0 Å². The second kappa shape index (κ2) is 7.70. The fourth-order valence-corrected chi connectivity index (χ4v) is 2.69. The van der Waals surface area contributed by atoms with Crippen LogP contribution in [0.2, 0.25) is 0 Å². The van der Waals surface area contributed by atoms with E-state index in [-0.39, 0.29) is 17.7 Å². The molecule has 1 saturated heterocycles. The molecule has 0 saturated carbocycles. The summed E-state index contributed by atoms with van der Waals surface area (Å²) in [4.78, 5) is 28.6. The third kappa shape index (κ3) is 4.17. The summed E-state index contributed by atoms with van der Waals surface area (Å²) in [7, 11) is 0. The van der Waals surface area contributed by atoms with Gasteiger partial charge in [-0.2, -0.15) is 0 Å². The average molecular weight is 324 g/mol. The Morgan fingerprint density at radius 1 is 1.04 bits per heavy atom. The molecule has 124 valence electrons. The molecule has 2 heterocycles. The standard InChI is InChI=1S/C18H20N4O2/c23-17(13-7-10-19-11-8-13)21-15-5-3-4-14(12-15)18(24)22-16-6-1-2-9-20-16/h1-6,9,12-13,19H,7-8,10-11H2,(H,21,23)(H,20,22,24). The highest BCUT2D eigenvalue weighted by Crippen LogP contribution is 2.17. The maximum atomic E-state index is 12.3. The minimum Gasteiger partial charge on any atom is -0.326 e. The second-order valence-electron chi connectivity index (χ2n) is 5.76. The van der Waals surface area contributed by atoms with Gasteiger partial charge in [-0.1, -0.05) is 12.1 Å². The molecule has 0 bridgehead atoms. The summed E-state index contributed by atoms with van der Waals surface area (Å²) >= 11 is 0. The van der Waals surface area contributed by atoms with Crippen molar-refractivity contribution in [1.82, 2.24) is 10.3 Å². The molecule has 1 aliphatic rings. The van der Waals surface area contributed by atoms with Crippen molar-refractivity contribution >= 4 is 23.3 Å². The molecule has 2 aromatic rings. The third-order valence-corrected chi connectivity index (χ3v) is 4.01. The van der Waals surface area contributed by atoms with Crippen LogP contribution in [0.1, 0.15) is 23.2 Å². The fourth-order valence-electron chi connectivity index (χ4n) is 2.69. The first kappa shape index (κ1) is 16.1. The Bertz CT molecular complexity index is 712. The highest BCUT2D eigenvalue weighted by Gasteiger charge is 2.21. The average Bonchev–Trinajstić information content (AvgIpc) is 2.63. The SMILES string of the molecule is O=C(Nc1ccccn1)c1cccc(NC(=O)C2CCNCC2)c1. The normalized spacial score (nSPS) is 14.8. The lowest BCUT2D eigenvalue weighted by atomic mass is 9.97. The molecule has 1 aromatic heterocycles. The van der Waals surface area contributed by atoms with Crippen molar-refractivity contribution in [3.8, 4) is 0 Å². The molecule has 24 heavy (non-hydrogen) atoms. The molecule has 2 amide bonds. The number of anilines is 2. The maximum Gasteiger partial charge on any atom is 0.256 e. The number of piperidine rings is 1. The van der Waals surface area contributed by atoms with Gasteiger partial charge < -0.3 is 16.0 Å². The van der Waals surface area contributed by atoms with Crippen LogP contribution in [-0.4, -0.2) is 29.9 Å². The van der Waals surface area contributed by atoms with Crippen molar-refractivity contribution in [1.29, 1.82) is 0 Å².